The number of nitrogens with one attached hydrogen (secondary N) is 1. The first-order valence-corrected chi connectivity index (χ1v) is 5.36. The summed E-state index contributed by atoms with van der Waals surface area (Å²) in [6.45, 7) is 8.80. The molecular weight excluding hydrogens is 164 g/mol. The van der Waals surface area contributed by atoms with Crippen molar-refractivity contribution in [1.82, 2.24) is 10.2 Å². The van der Waals surface area contributed by atoms with Gasteiger partial charge < -0.3 is 10.1 Å². The van der Waals surface area contributed by atoms with Crippen molar-refractivity contribution in [3.05, 3.63) is 0 Å². The molecule has 2 fully saturated rings. The van der Waals surface area contributed by atoms with Crippen molar-refractivity contribution in [2.45, 2.75) is 38.5 Å². The van der Waals surface area contributed by atoms with Crippen LogP contribution in [-0.4, -0.2) is 49.3 Å². The summed E-state index contributed by atoms with van der Waals surface area (Å²) in [6, 6.07) is 1.24. The molecule has 2 aliphatic rings. The van der Waals surface area contributed by atoms with Crippen LogP contribution < -0.4 is 5.32 Å². The molecule has 13 heavy (non-hydrogen) atoms. The van der Waals surface area contributed by atoms with E-state index in [0.717, 1.165) is 19.7 Å². The number of likely N-dealkylation sites (tertiary alicyclic amines) is 1. The summed E-state index contributed by atoms with van der Waals surface area (Å²) in [5, 5.41) is 3.54. The number of fused-ring (bicyclic) bond motifs is 1. The highest BCUT2D eigenvalue weighted by Crippen LogP contribution is 2.18. The number of ether oxygens (including phenoxy) is 1. The second kappa shape index (κ2) is 3.95. The zero-order valence-corrected chi connectivity index (χ0v) is 8.62. The van der Waals surface area contributed by atoms with E-state index in [-0.39, 0.29) is 0 Å². The number of hydrogen-bond acceptors (Lipinski definition) is 3. The second-order valence-corrected chi connectivity index (χ2v) is 4.35. The van der Waals surface area contributed by atoms with E-state index < -0.39 is 0 Å². The fraction of sp³-hybridized carbons (Fsp3) is 1.00. The molecule has 0 aliphatic carbocycles. The lowest BCUT2D eigenvalue weighted by atomic mass is 9.99. The van der Waals surface area contributed by atoms with E-state index in [9.17, 15) is 0 Å². The molecule has 0 aromatic carbocycles. The van der Waals surface area contributed by atoms with Gasteiger partial charge in [0.05, 0.1) is 12.7 Å². The predicted molar refractivity (Wildman–Crippen MR) is 52.9 cm³/mol. The van der Waals surface area contributed by atoms with E-state index in [1.165, 1.54) is 13.0 Å². The third kappa shape index (κ3) is 2.03. The quantitative estimate of drug-likeness (QED) is 0.640. The molecular formula is C10H20N2O. The Bertz CT molecular complexity index is 172. The van der Waals surface area contributed by atoms with E-state index in [2.05, 4.69) is 24.1 Å². The summed E-state index contributed by atoms with van der Waals surface area (Å²) in [5.74, 6) is 0. The van der Waals surface area contributed by atoms with Crippen LogP contribution in [-0.2, 0) is 4.74 Å². The highest BCUT2D eigenvalue weighted by atomic mass is 16.5. The minimum atomic E-state index is 0.476. The fourth-order valence-electron chi connectivity index (χ4n) is 2.27. The Hall–Kier alpha value is -0.120. The van der Waals surface area contributed by atoms with Crippen LogP contribution in [0.15, 0.2) is 0 Å². The van der Waals surface area contributed by atoms with E-state index in [1.807, 2.05) is 0 Å². The first-order chi connectivity index (χ1) is 6.27. The second-order valence-electron chi connectivity index (χ2n) is 4.35. The number of rotatable bonds is 1. The van der Waals surface area contributed by atoms with Crippen molar-refractivity contribution >= 4 is 0 Å². The lowest BCUT2D eigenvalue weighted by molar-refractivity contribution is -0.0480. The van der Waals surface area contributed by atoms with Gasteiger partial charge in [-0.3, -0.25) is 4.90 Å². The Morgan fingerprint density at radius 3 is 3.08 bits per heavy atom. The van der Waals surface area contributed by atoms with Gasteiger partial charge in [0.2, 0.25) is 0 Å². The molecule has 0 amide bonds. The van der Waals surface area contributed by atoms with Crippen LogP contribution in [0.4, 0.5) is 0 Å². The van der Waals surface area contributed by atoms with Crippen LogP contribution >= 0.6 is 0 Å². The first kappa shape index (κ1) is 9.44. The molecule has 0 aromatic rings. The van der Waals surface area contributed by atoms with Crippen LogP contribution in [0, 0.1) is 0 Å². The van der Waals surface area contributed by atoms with Crippen LogP contribution in [0.25, 0.3) is 0 Å². The van der Waals surface area contributed by atoms with Gasteiger partial charge in [-0.1, -0.05) is 0 Å². The van der Waals surface area contributed by atoms with Crippen LogP contribution in [0.1, 0.15) is 20.3 Å². The maximum Gasteiger partial charge on any atom is 0.0753 e. The van der Waals surface area contributed by atoms with Gasteiger partial charge in [0.1, 0.15) is 0 Å². The van der Waals surface area contributed by atoms with Crippen molar-refractivity contribution in [2.24, 2.45) is 0 Å². The van der Waals surface area contributed by atoms with Gasteiger partial charge in [-0.2, -0.15) is 0 Å². The SMILES string of the molecule is CC(C)N1CC[C@@H]2OCCN[C@H]2C1. The standard InChI is InChI=1S/C10H20N2O/c1-8(2)12-5-3-10-9(7-12)11-4-6-13-10/h8-11H,3-7H2,1-2H3/t9-,10-/m0/s1. The molecule has 0 aromatic heterocycles. The average Bonchev–Trinajstić information content (AvgIpc) is 2.17. The number of morpholine rings is 1. The van der Waals surface area contributed by atoms with E-state index in [4.69, 9.17) is 4.74 Å². The zero-order valence-electron chi connectivity index (χ0n) is 8.62. The maximum absolute atomic E-state index is 5.72. The monoisotopic (exact) mass is 184 g/mol. The molecule has 0 unspecified atom stereocenters. The summed E-state index contributed by atoms with van der Waals surface area (Å²) in [6.07, 6.45) is 1.67. The number of hydrogen-bond donors (Lipinski definition) is 1. The van der Waals surface area contributed by atoms with Gasteiger partial charge in [-0.15, -0.1) is 0 Å². The largest absolute Gasteiger partial charge is 0.375 e. The summed E-state index contributed by atoms with van der Waals surface area (Å²) < 4.78 is 5.72. The highest BCUT2D eigenvalue weighted by molar-refractivity contribution is 4.89. The van der Waals surface area contributed by atoms with Crippen molar-refractivity contribution in [3.8, 4) is 0 Å². The van der Waals surface area contributed by atoms with E-state index in [0.29, 0.717) is 18.2 Å². The minimum absolute atomic E-state index is 0.476. The first-order valence-electron chi connectivity index (χ1n) is 5.36. The topological polar surface area (TPSA) is 24.5 Å². The van der Waals surface area contributed by atoms with Crippen molar-refractivity contribution in [3.63, 3.8) is 0 Å². The summed E-state index contributed by atoms with van der Waals surface area (Å²) >= 11 is 0. The molecule has 1 N–H and O–H groups in total. The third-order valence-electron chi connectivity index (χ3n) is 3.15. The maximum atomic E-state index is 5.72. The van der Waals surface area contributed by atoms with Crippen molar-refractivity contribution < 1.29 is 4.74 Å². The van der Waals surface area contributed by atoms with Gasteiger partial charge in [-0.05, 0) is 20.3 Å². The summed E-state index contributed by atoms with van der Waals surface area (Å²) in [7, 11) is 0. The lowest BCUT2D eigenvalue weighted by Crippen LogP contribution is -2.59. The van der Waals surface area contributed by atoms with E-state index in [1.54, 1.807) is 0 Å². The van der Waals surface area contributed by atoms with Gasteiger partial charge in [0.15, 0.2) is 0 Å². The third-order valence-corrected chi connectivity index (χ3v) is 3.15. The zero-order chi connectivity index (χ0) is 9.26. The molecule has 2 saturated heterocycles. The van der Waals surface area contributed by atoms with Crippen molar-refractivity contribution in [2.75, 3.05) is 26.2 Å². The summed E-state index contributed by atoms with van der Waals surface area (Å²) in [5.41, 5.74) is 0. The molecule has 3 nitrogen and oxygen atoms in total. The number of piperidine rings is 1. The van der Waals surface area contributed by atoms with Gasteiger partial charge >= 0.3 is 0 Å². The lowest BCUT2D eigenvalue weighted by Gasteiger charge is -2.43. The van der Waals surface area contributed by atoms with Gasteiger partial charge in [-0.25, -0.2) is 0 Å². The Balaban J connectivity index is 1.91. The van der Waals surface area contributed by atoms with Crippen LogP contribution in [0.3, 0.4) is 0 Å². The van der Waals surface area contributed by atoms with Gasteiger partial charge in [0.25, 0.3) is 0 Å². The van der Waals surface area contributed by atoms with E-state index >= 15 is 0 Å². The minimum Gasteiger partial charge on any atom is -0.375 e. The molecule has 2 heterocycles. The molecule has 2 atom stereocenters. The highest BCUT2D eigenvalue weighted by Gasteiger charge is 2.32. The smallest absolute Gasteiger partial charge is 0.0753 e. The van der Waals surface area contributed by atoms with Crippen LogP contribution in [0.2, 0.25) is 0 Å². The summed E-state index contributed by atoms with van der Waals surface area (Å²) in [4.78, 5) is 2.53. The molecule has 0 bridgehead atoms. The molecule has 0 radical (unpaired) electrons. The molecule has 2 rings (SSSR count). The molecule has 0 saturated carbocycles. The predicted octanol–water partition coefficient (Wildman–Crippen LogP) is 0.457. The Kier molecular flexibility index (Phi) is 2.86. The normalized spacial score (nSPS) is 36.2. The molecule has 3 heteroatoms. The van der Waals surface area contributed by atoms with Crippen molar-refractivity contribution in [1.29, 1.82) is 0 Å². The average molecular weight is 184 g/mol. The Morgan fingerprint density at radius 2 is 2.31 bits per heavy atom. The molecule has 2 aliphatic heterocycles. The van der Waals surface area contributed by atoms with Crippen LogP contribution in [0.5, 0.6) is 0 Å². The molecule has 0 spiro atoms. The fourth-order valence-corrected chi connectivity index (χ4v) is 2.27. The Labute approximate surface area is 80.4 Å². The molecule has 76 valence electrons. The Morgan fingerprint density at radius 1 is 1.46 bits per heavy atom. The number of nitrogens with zero attached hydrogens (tertiary/aromatic N) is 1. The van der Waals surface area contributed by atoms with Gasteiger partial charge in [0, 0.05) is 31.7 Å².